The standard InChI is InChI=1S/C34H42N4O3/c1-7-28-21-37(19-26-12-10-11-13-31(26)41-28)20-27-18-25(15-14-22(27)4)32(24(6)34(39)40-9-3)29-16-17-30-33(23(29)5)35-36-38(30)8-2/h10-18,24,28,32H,7-9,19-21H2,1-6H3/t24?,28-,32-/m1/s1. The van der Waals surface area contributed by atoms with Crippen LogP contribution in [0.1, 0.15) is 73.4 Å². The molecule has 5 rings (SSSR count). The minimum Gasteiger partial charge on any atom is -0.489 e. The van der Waals surface area contributed by atoms with E-state index in [-0.39, 0.29) is 23.9 Å². The fraction of sp³-hybridized carbons (Fsp3) is 0.441. The Balaban J connectivity index is 1.54. The Morgan fingerprint density at radius 3 is 2.66 bits per heavy atom. The lowest BCUT2D eigenvalue weighted by Gasteiger charge is -2.28. The number of rotatable bonds is 9. The Hall–Kier alpha value is -3.71. The van der Waals surface area contributed by atoms with Gasteiger partial charge in [0.15, 0.2) is 0 Å². The molecule has 2 heterocycles. The number of carbonyl (C=O) groups excluding carboxylic acids is 1. The van der Waals surface area contributed by atoms with Gasteiger partial charge in [0.25, 0.3) is 0 Å². The Kier molecular flexibility index (Phi) is 8.74. The zero-order chi connectivity index (χ0) is 29.1. The van der Waals surface area contributed by atoms with Crippen LogP contribution in [0.3, 0.4) is 0 Å². The van der Waals surface area contributed by atoms with Gasteiger partial charge in [-0.25, -0.2) is 4.68 Å². The van der Waals surface area contributed by atoms with E-state index in [9.17, 15) is 4.79 Å². The van der Waals surface area contributed by atoms with Crippen molar-refractivity contribution in [3.8, 4) is 5.75 Å². The van der Waals surface area contributed by atoms with E-state index >= 15 is 0 Å². The number of ether oxygens (including phenoxy) is 2. The first-order valence-corrected chi connectivity index (χ1v) is 14.9. The topological polar surface area (TPSA) is 69.5 Å². The van der Waals surface area contributed by atoms with E-state index in [1.165, 1.54) is 16.7 Å². The Bertz CT molecular complexity index is 1530. The van der Waals surface area contributed by atoms with Crippen LogP contribution in [0.4, 0.5) is 0 Å². The summed E-state index contributed by atoms with van der Waals surface area (Å²) < 4.78 is 13.8. The normalized spacial score (nSPS) is 17.0. The van der Waals surface area contributed by atoms with Gasteiger partial charge in [0.1, 0.15) is 17.4 Å². The van der Waals surface area contributed by atoms with Crippen LogP contribution in [0.15, 0.2) is 54.6 Å². The number of hydrogen-bond donors (Lipinski definition) is 0. The largest absolute Gasteiger partial charge is 0.489 e. The highest BCUT2D eigenvalue weighted by Gasteiger charge is 2.31. The molecule has 0 spiro atoms. The SMILES string of the molecule is CCOC(=O)C(C)[C@H](c1ccc(C)c(CN2Cc3ccccc3O[C@H](CC)C2)c1)c1ccc2c(nnn2CC)c1C. The van der Waals surface area contributed by atoms with Gasteiger partial charge in [-0.15, -0.1) is 5.10 Å². The summed E-state index contributed by atoms with van der Waals surface area (Å²) in [5.41, 5.74) is 8.85. The summed E-state index contributed by atoms with van der Waals surface area (Å²) in [6.07, 6.45) is 1.09. The summed E-state index contributed by atoms with van der Waals surface area (Å²) in [6, 6.07) is 19.2. The smallest absolute Gasteiger partial charge is 0.309 e. The van der Waals surface area contributed by atoms with Gasteiger partial charge < -0.3 is 9.47 Å². The third-order valence-electron chi connectivity index (χ3n) is 8.48. The summed E-state index contributed by atoms with van der Waals surface area (Å²) in [5.74, 6) is 0.247. The van der Waals surface area contributed by atoms with Gasteiger partial charge in [-0.2, -0.15) is 0 Å². The molecule has 1 aliphatic heterocycles. The fourth-order valence-corrected chi connectivity index (χ4v) is 6.09. The van der Waals surface area contributed by atoms with Crippen LogP contribution < -0.4 is 4.74 Å². The van der Waals surface area contributed by atoms with Crippen molar-refractivity contribution in [3.63, 3.8) is 0 Å². The second-order valence-corrected chi connectivity index (χ2v) is 11.2. The average molecular weight is 555 g/mol. The number of benzene rings is 3. The van der Waals surface area contributed by atoms with Gasteiger partial charge in [0.2, 0.25) is 0 Å². The Morgan fingerprint density at radius 2 is 1.90 bits per heavy atom. The Labute approximate surface area is 243 Å². The third-order valence-corrected chi connectivity index (χ3v) is 8.48. The number of nitrogens with zero attached hydrogens (tertiary/aromatic N) is 4. The monoisotopic (exact) mass is 554 g/mol. The predicted octanol–water partition coefficient (Wildman–Crippen LogP) is 6.57. The zero-order valence-corrected chi connectivity index (χ0v) is 25.2. The van der Waals surface area contributed by atoms with Gasteiger partial charge >= 0.3 is 5.97 Å². The maximum atomic E-state index is 13.2. The molecule has 0 bridgehead atoms. The molecule has 0 saturated heterocycles. The van der Waals surface area contributed by atoms with Crippen molar-refractivity contribution in [1.29, 1.82) is 0 Å². The van der Waals surface area contributed by atoms with Crippen molar-refractivity contribution in [3.05, 3.63) is 88.0 Å². The van der Waals surface area contributed by atoms with Crippen molar-refractivity contribution in [2.45, 2.75) is 79.6 Å². The van der Waals surface area contributed by atoms with Crippen LogP contribution in [0.2, 0.25) is 0 Å². The van der Waals surface area contributed by atoms with Crippen LogP contribution in [0, 0.1) is 19.8 Å². The zero-order valence-electron chi connectivity index (χ0n) is 25.2. The lowest BCUT2D eigenvalue weighted by Crippen LogP contribution is -2.32. The molecule has 1 aliphatic rings. The third kappa shape index (κ3) is 5.87. The van der Waals surface area contributed by atoms with Crippen molar-refractivity contribution >= 4 is 17.0 Å². The average Bonchev–Trinajstić information content (AvgIpc) is 3.31. The minimum absolute atomic E-state index is 0.143. The first kappa shape index (κ1) is 28.8. The molecule has 1 aromatic heterocycles. The molecule has 41 heavy (non-hydrogen) atoms. The lowest BCUT2D eigenvalue weighted by atomic mass is 9.78. The molecule has 0 saturated carbocycles. The summed E-state index contributed by atoms with van der Waals surface area (Å²) in [6.45, 7) is 15.9. The minimum atomic E-state index is -0.370. The molecule has 7 nitrogen and oxygen atoms in total. The van der Waals surface area contributed by atoms with Crippen LogP contribution in [0.5, 0.6) is 5.75 Å². The number of para-hydroxylation sites is 1. The van der Waals surface area contributed by atoms with Gasteiger partial charge in [-0.1, -0.05) is 61.5 Å². The molecule has 1 unspecified atom stereocenters. The van der Waals surface area contributed by atoms with Crippen LogP contribution in [-0.4, -0.2) is 45.1 Å². The second kappa shape index (κ2) is 12.4. The van der Waals surface area contributed by atoms with Gasteiger partial charge in [-0.3, -0.25) is 9.69 Å². The summed E-state index contributed by atoms with van der Waals surface area (Å²) >= 11 is 0. The number of carbonyl (C=O) groups is 1. The molecule has 0 aliphatic carbocycles. The molecule has 3 aromatic carbocycles. The molecule has 0 amide bonds. The maximum Gasteiger partial charge on any atom is 0.309 e. The van der Waals surface area contributed by atoms with E-state index in [0.29, 0.717) is 6.61 Å². The quantitative estimate of drug-likeness (QED) is 0.218. The number of aromatic nitrogens is 3. The molecular formula is C34H42N4O3. The first-order valence-electron chi connectivity index (χ1n) is 14.9. The first-order chi connectivity index (χ1) is 19.8. The van der Waals surface area contributed by atoms with Crippen molar-refractivity contribution in [1.82, 2.24) is 19.9 Å². The van der Waals surface area contributed by atoms with Gasteiger partial charge in [-0.05, 0) is 74.1 Å². The van der Waals surface area contributed by atoms with E-state index in [1.54, 1.807) is 0 Å². The van der Waals surface area contributed by atoms with Crippen LogP contribution >= 0.6 is 0 Å². The number of hydrogen-bond acceptors (Lipinski definition) is 6. The molecule has 216 valence electrons. The molecular weight excluding hydrogens is 512 g/mol. The van der Waals surface area contributed by atoms with E-state index in [4.69, 9.17) is 9.47 Å². The summed E-state index contributed by atoms with van der Waals surface area (Å²) in [7, 11) is 0. The van der Waals surface area contributed by atoms with E-state index < -0.39 is 0 Å². The number of aryl methyl sites for hydroxylation is 3. The second-order valence-electron chi connectivity index (χ2n) is 11.2. The highest BCUT2D eigenvalue weighted by atomic mass is 16.5. The highest BCUT2D eigenvalue weighted by molar-refractivity contribution is 5.81. The number of fused-ring (bicyclic) bond motifs is 2. The lowest BCUT2D eigenvalue weighted by molar-refractivity contribution is -0.147. The summed E-state index contributed by atoms with van der Waals surface area (Å²) in [5, 5.41) is 8.84. The molecule has 3 atom stereocenters. The van der Waals surface area contributed by atoms with E-state index in [1.807, 2.05) is 24.6 Å². The maximum absolute atomic E-state index is 13.2. The van der Waals surface area contributed by atoms with Crippen molar-refractivity contribution in [2.24, 2.45) is 5.92 Å². The van der Waals surface area contributed by atoms with Crippen LogP contribution in [0.25, 0.3) is 11.0 Å². The van der Waals surface area contributed by atoms with Gasteiger partial charge in [0, 0.05) is 37.7 Å². The fourth-order valence-electron chi connectivity index (χ4n) is 6.09. The van der Waals surface area contributed by atoms with Crippen molar-refractivity contribution in [2.75, 3.05) is 13.2 Å². The summed E-state index contributed by atoms with van der Waals surface area (Å²) in [4.78, 5) is 15.7. The van der Waals surface area contributed by atoms with Crippen molar-refractivity contribution < 1.29 is 14.3 Å². The Morgan fingerprint density at radius 1 is 1.10 bits per heavy atom. The van der Waals surface area contributed by atoms with Crippen LogP contribution in [-0.2, 0) is 29.2 Å². The predicted molar refractivity (Wildman–Crippen MR) is 162 cm³/mol. The van der Waals surface area contributed by atoms with Gasteiger partial charge in [0.05, 0.1) is 18.0 Å². The number of esters is 1. The highest BCUT2D eigenvalue weighted by Crippen LogP contribution is 2.38. The molecule has 7 heteroatoms. The molecule has 4 aromatic rings. The van der Waals surface area contributed by atoms with E-state index in [2.05, 4.69) is 91.4 Å². The molecule has 0 N–H and O–H groups in total. The molecule has 0 radical (unpaired) electrons. The molecule has 0 fully saturated rings. The van der Waals surface area contributed by atoms with E-state index in [0.717, 1.165) is 66.1 Å².